The molecule has 0 fully saturated rings. The molecule has 2 N–H and O–H groups in total. The number of pyridine rings is 1. The summed E-state index contributed by atoms with van der Waals surface area (Å²) in [6, 6.07) is 1.86. The van der Waals surface area contributed by atoms with E-state index in [1.807, 2.05) is 20.2 Å². The third kappa shape index (κ3) is 6.40. The van der Waals surface area contributed by atoms with E-state index < -0.39 is 0 Å². The Morgan fingerprint density at radius 3 is 2.87 bits per heavy atom. The van der Waals surface area contributed by atoms with Crippen molar-refractivity contribution in [3.8, 4) is 0 Å². The largest absolute Gasteiger partial charge is 0.382 e. The summed E-state index contributed by atoms with van der Waals surface area (Å²) in [4.78, 5) is 18.5. The number of likely N-dealkylation sites (N-methyl/N-ethyl adjacent to an activating group) is 1. The lowest BCUT2D eigenvalue weighted by Gasteiger charge is -2.13. The molecule has 1 aliphatic carbocycles. The minimum absolute atomic E-state index is 0.0508. The SMILES string of the molecule is CN(C)CCNc1cncc(C(=O)NCCC2=CCCCC2)c1. The zero-order valence-corrected chi connectivity index (χ0v) is 14.3. The van der Waals surface area contributed by atoms with Gasteiger partial charge in [-0.2, -0.15) is 0 Å². The normalized spacial score (nSPS) is 14.5. The van der Waals surface area contributed by atoms with Crippen molar-refractivity contribution in [2.24, 2.45) is 0 Å². The summed E-state index contributed by atoms with van der Waals surface area (Å²) in [5.74, 6) is -0.0508. The topological polar surface area (TPSA) is 57.3 Å². The van der Waals surface area contributed by atoms with Crippen LogP contribution in [0.5, 0.6) is 0 Å². The fraction of sp³-hybridized carbons (Fsp3) is 0.556. The highest BCUT2D eigenvalue weighted by molar-refractivity contribution is 5.94. The first kappa shape index (κ1) is 17.5. The Bertz CT molecular complexity index is 540. The van der Waals surface area contributed by atoms with Gasteiger partial charge in [0.2, 0.25) is 0 Å². The maximum absolute atomic E-state index is 12.2. The van der Waals surface area contributed by atoms with E-state index in [9.17, 15) is 4.79 Å². The van der Waals surface area contributed by atoms with Crippen LogP contribution in [-0.4, -0.2) is 49.5 Å². The van der Waals surface area contributed by atoms with Crippen molar-refractivity contribution in [3.63, 3.8) is 0 Å². The van der Waals surface area contributed by atoms with Crippen LogP contribution in [0.3, 0.4) is 0 Å². The maximum atomic E-state index is 12.2. The Balaban J connectivity index is 1.78. The van der Waals surface area contributed by atoms with Crippen molar-refractivity contribution < 1.29 is 4.79 Å². The van der Waals surface area contributed by atoms with Gasteiger partial charge in [-0.05, 0) is 52.3 Å². The van der Waals surface area contributed by atoms with Gasteiger partial charge in [-0.25, -0.2) is 0 Å². The van der Waals surface area contributed by atoms with Crippen LogP contribution in [0.15, 0.2) is 30.1 Å². The molecule has 126 valence electrons. The minimum atomic E-state index is -0.0508. The smallest absolute Gasteiger partial charge is 0.252 e. The van der Waals surface area contributed by atoms with Crippen molar-refractivity contribution in [2.75, 3.05) is 39.0 Å². The summed E-state index contributed by atoms with van der Waals surface area (Å²) in [6.45, 7) is 2.46. The van der Waals surface area contributed by atoms with Gasteiger partial charge in [-0.3, -0.25) is 9.78 Å². The molecule has 0 radical (unpaired) electrons. The Labute approximate surface area is 139 Å². The number of amides is 1. The molecule has 0 spiro atoms. The number of nitrogens with one attached hydrogen (secondary N) is 2. The predicted molar refractivity (Wildman–Crippen MR) is 94.8 cm³/mol. The highest BCUT2D eigenvalue weighted by Gasteiger charge is 2.08. The molecule has 0 saturated heterocycles. The average molecular weight is 316 g/mol. The molecule has 1 heterocycles. The van der Waals surface area contributed by atoms with Crippen LogP contribution in [0, 0.1) is 0 Å². The van der Waals surface area contributed by atoms with E-state index in [4.69, 9.17) is 0 Å². The average Bonchev–Trinajstić information content (AvgIpc) is 2.56. The molecule has 1 aromatic heterocycles. The van der Waals surface area contributed by atoms with Gasteiger partial charge in [-0.1, -0.05) is 11.6 Å². The standard InChI is InChI=1S/C18H28N4O/c1-22(2)11-10-20-17-12-16(13-19-14-17)18(23)21-9-8-15-6-4-3-5-7-15/h6,12-14,20H,3-5,7-11H2,1-2H3,(H,21,23). The number of allylic oxidation sites excluding steroid dienone is 1. The van der Waals surface area contributed by atoms with Gasteiger partial charge in [0.15, 0.2) is 0 Å². The van der Waals surface area contributed by atoms with Gasteiger partial charge in [0.25, 0.3) is 5.91 Å². The van der Waals surface area contributed by atoms with Crippen LogP contribution < -0.4 is 10.6 Å². The zero-order chi connectivity index (χ0) is 16.5. The van der Waals surface area contributed by atoms with E-state index in [2.05, 4.69) is 26.6 Å². The van der Waals surface area contributed by atoms with E-state index in [1.54, 1.807) is 12.4 Å². The maximum Gasteiger partial charge on any atom is 0.252 e. The van der Waals surface area contributed by atoms with E-state index in [0.29, 0.717) is 12.1 Å². The molecule has 0 aliphatic heterocycles. The first-order valence-electron chi connectivity index (χ1n) is 8.45. The van der Waals surface area contributed by atoms with E-state index in [-0.39, 0.29) is 5.91 Å². The van der Waals surface area contributed by atoms with Crippen molar-refractivity contribution in [2.45, 2.75) is 32.1 Å². The number of rotatable bonds is 8. The lowest BCUT2D eigenvalue weighted by molar-refractivity contribution is 0.0953. The van der Waals surface area contributed by atoms with E-state index in [1.165, 1.54) is 31.3 Å². The number of nitrogens with zero attached hydrogens (tertiary/aromatic N) is 2. The molecule has 5 heteroatoms. The molecule has 23 heavy (non-hydrogen) atoms. The molecule has 0 saturated carbocycles. The summed E-state index contributed by atoms with van der Waals surface area (Å²) >= 11 is 0. The van der Waals surface area contributed by atoms with Gasteiger partial charge in [0, 0.05) is 32.0 Å². The lowest BCUT2D eigenvalue weighted by atomic mass is 9.97. The van der Waals surface area contributed by atoms with Gasteiger partial charge < -0.3 is 15.5 Å². The second kappa shape index (κ2) is 9.30. The monoisotopic (exact) mass is 316 g/mol. The Kier molecular flexibility index (Phi) is 7.07. The van der Waals surface area contributed by atoms with Gasteiger partial charge in [0.1, 0.15) is 0 Å². The Morgan fingerprint density at radius 1 is 1.26 bits per heavy atom. The van der Waals surface area contributed by atoms with Crippen LogP contribution in [0.2, 0.25) is 0 Å². The quantitative estimate of drug-likeness (QED) is 0.724. The van der Waals surface area contributed by atoms with E-state index in [0.717, 1.165) is 25.2 Å². The number of aromatic nitrogens is 1. The van der Waals surface area contributed by atoms with Gasteiger partial charge in [0.05, 0.1) is 11.3 Å². The number of carbonyl (C=O) groups excluding carboxylic acids is 1. The fourth-order valence-corrected chi connectivity index (χ4v) is 2.65. The summed E-state index contributed by atoms with van der Waals surface area (Å²) in [6.07, 6.45) is 11.6. The number of carbonyl (C=O) groups is 1. The van der Waals surface area contributed by atoms with Crippen molar-refractivity contribution in [3.05, 3.63) is 35.7 Å². The van der Waals surface area contributed by atoms with Gasteiger partial charge in [-0.15, -0.1) is 0 Å². The highest BCUT2D eigenvalue weighted by atomic mass is 16.1. The zero-order valence-electron chi connectivity index (χ0n) is 14.3. The molecule has 0 bridgehead atoms. The first-order chi connectivity index (χ1) is 11.1. The molecule has 0 aromatic carbocycles. The second-order valence-electron chi connectivity index (χ2n) is 6.31. The number of anilines is 1. The number of hydrogen-bond acceptors (Lipinski definition) is 4. The van der Waals surface area contributed by atoms with Crippen LogP contribution in [-0.2, 0) is 0 Å². The first-order valence-corrected chi connectivity index (χ1v) is 8.45. The van der Waals surface area contributed by atoms with Crippen molar-refractivity contribution in [1.29, 1.82) is 0 Å². The predicted octanol–water partition coefficient (Wildman–Crippen LogP) is 2.68. The molecule has 1 amide bonds. The van der Waals surface area contributed by atoms with Crippen molar-refractivity contribution >= 4 is 11.6 Å². The lowest BCUT2D eigenvalue weighted by Crippen LogP contribution is -2.25. The van der Waals surface area contributed by atoms with E-state index >= 15 is 0 Å². The molecule has 2 rings (SSSR count). The molecular weight excluding hydrogens is 288 g/mol. The molecule has 0 atom stereocenters. The molecule has 1 aromatic rings. The Hall–Kier alpha value is -1.88. The minimum Gasteiger partial charge on any atom is -0.382 e. The third-order valence-electron chi connectivity index (χ3n) is 4.01. The van der Waals surface area contributed by atoms with Crippen molar-refractivity contribution in [1.82, 2.24) is 15.2 Å². The Morgan fingerprint density at radius 2 is 2.13 bits per heavy atom. The summed E-state index contributed by atoms with van der Waals surface area (Å²) in [7, 11) is 4.07. The second-order valence-corrected chi connectivity index (χ2v) is 6.31. The molecular formula is C18H28N4O. The van der Waals surface area contributed by atoms with Crippen LogP contribution >= 0.6 is 0 Å². The summed E-state index contributed by atoms with van der Waals surface area (Å²) in [5.41, 5.74) is 2.97. The molecule has 5 nitrogen and oxygen atoms in total. The summed E-state index contributed by atoms with van der Waals surface area (Å²) in [5, 5.41) is 6.28. The van der Waals surface area contributed by atoms with Gasteiger partial charge >= 0.3 is 0 Å². The van der Waals surface area contributed by atoms with Crippen LogP contribution in [0.4, 0.5) is 5.69 Å². The summed E-state index contributed by atoms with van der Waals surface area (Å²) < 4.78 is 0. The highest BCUT2D eigenvalue weighted by Crippen LogP contribution is 2.19. The third-order valence-corrected chi connectivity index (χ3v) is 4.01. The molecule has 1 aliphatic rings. The van der Waals surface area contributed by atoms with Crippen LogP contribution in [0.25, 0.3) is 0 Å². The molecule has 0 unspecified atom stereocenters. The number of hydrogen-bond donors (Lipinski definition) is 2. The fourth-order valence-electron chi connectivity index (χ4n) is 2.65. The van der Waals surface area contributed by atoms with Crippen LogP contribution in [0.1, 0.15) is 42.5 Å².